The van der Waals surface area contributed by atoms with Gasteiger partial charge in [0.1, 0.15) is 6.29 Å². The number of hydrogen-bond acceptors (Lipinski definition) is 2. The number of carbonyl (C=O) groups excluding carboxylic acids is 1. The van der Waals surface area contributed by atoms with Crippen molar-refractivity contribution < 1.29 is 4.79 Å². The highest BCUT2D eigenvalue weighted by molar-refractivity contribution is 9.10. The quantitative estimate of drug-likeness (QED) is 0.759. The van der Waals surface area contributed by atoms with Crippen LogP contribution in [0.15, 0.2) is 22.7 Å². The van der Waals surface area contributed by atoms with Crippen molar-refractivity contribution >= 4 is 22.2 Å². The minimum Gasteiger partial charge on any atom is -0.304 e. The molecule has 1 unspecified atom stereocenters. The van der Waals surface area contributed by atoms with Gasteiger partial charge in [-0.3, -0.25) is 0 Å². The van der Waals surface area contributed by atoms with E-state index < -0.39 is 0 Å². The summed E-state index contributed by atoms with van der Waals surface area (Å²) in [7, 11) is 0. The molecular weight excluding hydrogens is 230 g/mol. The Bertz CT molecular complexity index is 338. The average molecular weight is 240 g/mol. The summed E-state index contributed by atoms with van der Waals surface area (Å²) in [5, 5.41) is 3.16. The molecule has 0 fully saturated rings. The fourth-order valence-corrected chi connectivity index (χ4v) is 2.06. The third-order valence-electron chi connectivity index (χ3n) is 2.34. The molecule has 1 aliphatic heterocycles. The van der Waals surface area contributed by atoms with Crippen molar-refractivity contribution in [2.75, 3.05) is 6.54 Å². The monoisotopic (exact) mass is 239 g/mol. The molecule has 0 spiro atoms. The van der Waals surface area contributed by atoms with Gasteiger partial charge in [0.25, 0.3) is 0 Å². The minimum absolute atomic E-state index is 0.124. The van der Waals surface area contributed by atoms with Gasteiger partial charge in [-0.15, -0.1) is 0 Å². The second kappa shape index (κ2) is 3.60. The number of halogens is 1. The standard InChI is InChI=1S/C10H10BrNO/c11-8-2-1-7-3-4-12-10(6-13)9(7)5-8/h1-2,5-6,10,12H,3-4H2. The van der Waals surface area contributed by atoms with Crippen LogP contribution in [0.1, 0.15) is 17.2 Å². The first-order valence-corrected chi connectivity index (χ1v) is 5.07. The van der Waals surface area contributed by atoms with Crippen LogP contribution in [0.4, 0.5) is 0 Å². The van der Waals surface area contributed by atoms with Crippen LogP contribution in [0.5, 0.6) is 0 Å². The SMILES string of the molecule is O=CC1NCCc2ccc(Br)cc21. The van der Waals surface area contributed by atoms with E-state index in [1.165, 1.54) is 5.56 Å². The van der Waals surface area contributed by atoms with Gasteiger partial charge in [0.05, 0.1) is 6.04 Å². The smallest absolute Gasteiger partial charge is 0.141 e. The molecule has 0 aromatic heterocycles. The molecule has 1 atom stereocenters. The summed E-state index contributed by atoms with van der Waals surface area (Å²) in [6.45, 7) is 0.887. The maximum absolute atomic E-state index is 10.8. The number of hydrogen-bond donors (Lipinski definition) is 1. The Morgan fingerprint density at radius 3 is 3.15 bits per heavy atom. The predicted molar refractivity (Wildman–Crippen MR) is 54.7 cm³/mol. The molecule has 13 heavy (non-hydrogen) atoms. The van der Waals surface area contributed by atoms with E-state index in [4.69, 9.17) is 0 Å². The molecule has 0 amide bonds. The third kappa shape index (κ3) is 1.67. The molecule has 68 valence electrons. The molecular formula is C10H10BrNO. The molecule has 0 aliphatic carbocycles. The lowest BCUT2D eigenvalue weighted by molar-refractivity contribution is -0.109. The minimum atomic E-state index is -0.124. The Kier molecular flexibility index (Phi) is 2.47. The van der Waals surface area contributed by atoms with Gasteiger partial charge in [-0.05, 0) is 29.7 Å². The van der Waals surface area contributed by atoms with E-state index in [0.717, 1.165) is 29.3 Å². The highest BCUT2D eigenvalue weighted by Gasteiger charge is 2.18. The number of benzene rings is 1. The van der Waals surface area contributed by atoms with Crippen molar-refractivity contribution in [1.82, 2.24) is 5.32 Å². The number of carbonyl (C=O) groups is 1. The van der Waals surface area contributed by atoms with Crippen molar-refractivity contribution in [2.24, 2.45) is 0 Å². The molecule has 1 aromatic rings. The number of aldehydes is 1. The van der Waals surface area contributed by atoms with Crippen LogP contribution in [-0.2, 0) is 11.2 Å². The van der Waals surface area contributed by atoms with E-state index in [1.807, 2.05) is 12.1 Å². The van der Waals surface area contributed by atoms with Gasteiger partial charge in [0, 0.05) is 11.0 Å². The van der Waals surface area contributed by atoms with E-state index in [1.54, 1.807) is 0 Å². The first-order valence-electron chi connectivity index (χ1n) is 4.28. The molecule has 1 aromatic carbocycles. The molecule has 3 heteroatoms. The normalized spacial score (nSPS) is 20.8. The molecule has 0 bridgehead atoms. The summed E-state index contributed by atoms with van der Waals surface area (Å²) in [4.78, 5) is 10.8. The van der Waals surface area contributed by atoms with Gasteiger partial charge < -0.3 is 10.1 Å². The lowest BCUT2D eigenvalue weighted by Gasteiger charge is -2.22. The second-order valence-corrected chi connectivity index (χ2v) is 4.08. The van der Waals surface area contributed by atoms with E-state index in [9.17, 15) is 4.79 Å². The predicted octanol–water partition coefficient (Wildman–Crippen LogP) is 1.83. The number of nitrogens with one attached hydrogen (secondary N) is 1. The highest BCUT2D eigenvalue weighted by atomic mass is 79.9. The fourth-order valence-electron chi connectivity index (χ4n) is 1.68. The van der Waals surface area contributed by atoms with Crippen LogP contribution in [-0.4, -0.2) is 12.8 Å². The zero-order valence-electron chi connectivity index (χ0n) is 7.09. The van der Waals surface area contributed by atoms with Gasteiger partial charge in [-0.25, -0.2) is 0 Å². The zero-order valence-corrected chi connectivity index (χ0v) is 8.67. The third-order valence-corrected chi connectivity index (χ3v) is 2.83. The van der Waals surface area contributed by atoms with E-state index in [2.05, 4.69) is 27.3 Å². The van der Waals surface area contributed by atoms with Crippen LogP contribution in [0.3, 0.4) is 0 Å². The summed E-state index contributed by atoms with van der Waals surface area (Å²) in [5.74, 6) is 0. The maximum Gasteiger partial charge on any atom is 0.141 e. The van der Waals surface area contributed by atoms with Gasteiger partial charge in [-0.1, -0.05) is 22.0 Å². The van der Waals surface area contributed by atoms with Gasteiger partial charge in [0.15, 0.2) is 0 Å². The van der Waals surface area contributed by atoms with Crippen LogP contribution in [0, 0.1) is 0 Å². The summed E-state index contributed by atoms with van der Waals surface area (Å²) in [6.07, 6.45) is 1.97. The number of rotatable bonds is 1. The van der Waals surface area contributed by atoms with Crippen LogP contribution < -0.4 is 5.32 Å². The largest absolute Gasteiger partial charge is 0.304 e. The average Bonchev–Trinajstić information content (AvgIpc) is 2.17. The Balaban J connectivity index is 2.47. The van der Waals surface area contributed by atoms with Crippen molar-refractivity contribution in [3.63, 3.8) is 0 Å². The molecule has 0 saturated carbocycles. The summed E-state index contributed by atoms with van der Waals surface area (Å²) < 4.78 is 1.03. The van der Waals surface area contributed by atoms with Gasteiger partial charge in [-0.2, -0.15) is 0 Å². The fraction of sp³-hybridized carbons (Fsp3) is 0.300. The Morgan fingerprint density at radius 1 is 1.54 bits per heavy atom. The van der Waals surface area contributed by atoms with Crippen LogP contribution in [0.2, 0.25) is 0 Å². The Hall–Kier alpha value is -0.670. The van der Waals surface area contributed by atoms with Crippen molar-refractivity contribution in [2.45, 2.75) is 12.5 Å². The summed E-state index contributed by atoms with van der Waals surface area (Å²) in [6, 6.07) is 5.99. The van der Waals surface area contributed by atoms with E-state index in [-0.39, 0.29) is 6.04 Å². The molecule has 1 aliphatic rings. The van der Waals surface area contributed by atoms with Gasteiger partial charge in [0.2, 0.25) is 0 Å². The van der Waals surface area contributed by atoms with E-state index >= 15 is 0 Å². The van der Waals surface area contributed by atoms with Crippen molar-refractivity contribution in [1.29, 1.82) is 0 Å². The van der Waals surface area contributed by atoms with Crippen LogP contribution in [0.25, 0.3) is 0 Å². The number of fused-ring (bicyclic) bond motifs is 1. The molecule has 1 heterocycles. The Labute approximate surface area is 85.5 Å². The first kappa shape index (κ1) is 8.91. The first-order chi connectivity index (χ1) is 6.31. The van der Waals surface area contributed by atoms with Crippen molar-refractivity contribution in [3.8, 4) is 0 Å². The molecule has 2 rings (SSSR count). The zero-order chi connectivity index (χ0) is 9.26. The molecule has 1 N–H and O–H groups in total. The van der Waals surface area contributed by atoms with Crippen LogP contribution >= 0.6 is 15.9 Å². The molecule has 0 saturated heterocycles. The highest BCUT2D eigenvalue weighted by Crippen LogP contribution is 2.24. The summed E-state index contributed by atoms with van der Waals surface area (Å²) >= 11 is 3.40. The maximum atomic E-state index is 10.8. The molecule has 0 radical (unpaired) electrons. The Morgan fingerprint density at radius 2 is 2.38 bits per heavy atom. The van der Waals surface area contributed by atoms with Crippen molar-refractivity contribution in [3.05, 3.63) is 33.8 Å². The lowest BCUT2D eigenvalue weighted by Crippen LogP contribution is -2.30. The topological polar surface area (TPSA) is 29.1 Å². The van der Waals surface area contributed by atoms with Gasteiger partial charge >= 0.3 is 0 Å². The molecule has 2 nitrogen and oxygen atoms in total. The summed E-state index contributed by atoms with van der Waals surface area (Å²) in [5.41, 5.74) is 2.38. The second-order valence-electron chi connectivity index (χ2n) is 3.16. The lowest BCUT2D eigenvalue weighted by atomic mass is 9.95. The van der Waals surface area contributed by atoms with E-state index in [0.29, 0.717) is 0 Å².